The first-order valence-electron chi connectivity index (χ1n) is 8.93. The lowest BCUT2D eigenvalue weighted by Crippen LogP contribution is -2.56. The smallest absolute Gasteiger partial charge is 0.0775 e. The first-order valence-corrected chi connectivity index (χ1v) is 8.93. The lowest BCUT2D eigenvalue weighted by Gasteiger charge is -2.50. The summed E-state index contributed by atoms with van der Waals surface area (Å²) in [5.41, 5.74) is 3.06. The van der Waals surface area contributed by atoms with E-state index in [9.17, 15) is 5.11 Å². The van der Waals surface area contributed by atoms with Crippen LogP contribution in [0.5, 0.6) is 0 Å². The van der Waals surface area contributed by atoms with Gasteiger partial charge in [0.1, 0.15) is 0 Å². The van der Waals surface area contributed by atoms with E-state index in [0.717, 1.165) is 6.42 Å². The van der Waals surface area contributed by atoms with Crippen LogP contribution in [0.2, 0.25) is 0 Å². The van der Waals surface area contributed by atoms with Gasteiger partial charge in [0.2, 0.25) is 0 Å². The average molecular weight is 300 g/mol. The Bertz CT molecular complexity index is 532. The van der Waals surface area contributed by atoms with E-state index in [0.29, 0.717) is 11.6 Å². The van der Waals surface area contributed by atoms with Crippen molar-refractivity contribution in [2.45, 2.75) is 69.2 Å². The van der Waals surface area contributed by atoms with E-state index in [1.807, 2.05) is 0 Å². The quantitative estimate of drug-likeness (QED) is 0.901. The second-order valence-electron chi connectivity index (χ2n) is 7.73. The molecule has 3 nitrogen and oxygen atoms in total. The lowest BCUT2D eigenvalue weighted by atomic mass is 9.78. The molecule has 2 unspecified atom stereocenters. The van der Waals surface area contributed by atoms with Crippen LogP contribution in [0.15, 0.2) is 24.3 Å². The number of rotatable bonds is 3. The molecule has 0 bridgehead atoms. The van der Waals surface area contributed by atoms with Crippen molar-refractivity contribution >= 4 is 0 Å². The molecule has 1 aliphatic heterocycles. The molecule has 2 atom stereocenters. The van der Waals surface area contributed by atoms with E-state index in [-0.39, 0.29) is 12.1 Å². The second-order valence-corrected chi connectivity index (χ2v) is 7.73. The van der Waals surface area contributed by atoms with E-state index in [1.165, 1.54) is 56.3 Å². The van der Waals surface area contributed by atoms with Gasteiger partial charge in [0, 0.05) is 18.0 Å². The summed E-state index contributed by atoms with van der Waals surface area (Å²) in [7, 11) is 0. The predicted octanol–water partition coefficient (Wildman–Crippen LogP) is 2.64. The van der Waals surface area contributed by atoms with Gasteiger partial charge in [-0.3, -0.25) is 4.90 Å². The fourth-order valence-electron chi connectivity index (χ4n) is 4.61. The van der Waals surface area contributed by atoms with Crippen LogP contribution in [0.25, 0.3) is 0 Å². The summed E-state index contributed by atoms with van der Waals surface area (Å²) in [6, 6.07) is 9.19. The summed E-state index contributed by atoms with van der Waals surface area (Å²) in [5, 5.41) is 14.2. The van der Waals surface area contributed by atoms with Gasteiger partial charge in [0.15, 0.2) is 0 Å². The summed E-state index contributed by atoms with van der Waals surface area (Å²) >= 11 is 0. The molecule has 120 valence electrons. The van der Waals surface area contributed by atoms with Crippen molar-refractivity contribution in [2.75, 3.05) is 13.1 Å². The van der Waals surface area contributed by atoms with Gasteiger partial charge in [-0.15, -0.1) is 0 Å². The summed E-state index contributed by atoms with van der Waals surface area (Å²) in [4.78, 5) is 2.67. The molecule has 1 saturated carbocycles. The van der Waals surface area contributed by atoms with E-state index >= 15 is 0 Å². The van der Waals surface area contributed by atoms with Gasteiger partial charge in [0.05, 0.1) is 12.1 Å². The van der Waals surface area contributed by atoms with Crippen LogP contribution in [-0.4, -0.2) is 40.8 Å². The number of fused-ring (bicyclic) bond motifs is 1. The Labute approximate surface area is 133 Å². The third kappa shape index (κ3) is 2.49. The fourth-order valence-corrected chi connectivity index (χ4v) is 4.61. The maximum Gasteiger partial charge on any atom is 0.0775 e. The predicted molar refractivity (Wildman–Crippen MR) is 88.9 cm³/mol. The Morgan fingerprint density at radius 2 is 1.91 bits per heavy atom. The first kappa shape index (κ1) is 14.7. The summed E-state index contributed by atoms with van der Waals surface area (Å²) < 4.78 is 0. The number of hydrogen-bond acceptors (Lipinski definition) is 3. The molecule has 1 aromatic rings. The van der Waals surface area contributed by atoms with E-state index in [1.54, 1.807) is 0 Å². The summed E-state index contributed by atoms with van der Waals surface area (Å²) in [6.45, 7) is 5.04. The number of likely N-dealkylation sites (tertiary alicyclic amines) is 1. The van der Waals surface area contributed by atoms with Crippen LogP contribution in [0.1, 0.15) is 56.2 Å². The van der Waals surface area contributed by atoms with Crippen molar-refractivity contribution in [3.63, 3.8) is 0 Å². The number of hydrogen-bond donors (Lipinski definition) is 2. The van der Waals surface area contributed by atoms with Gasteiger partial charge in [-0.2, -0.15) is 0 Å². The van der Waals surface area contributed by atoms with Gasteiger partial charge in [-0.1, -0.05) is 24.3 Å². The van der Waals surface area contributed by atoms with Crippen molar-refractivity contribution in [3.05, 3.63) is 35.4 Å². The summed E-state index contributed by atoms with van der Waals surface area (Å²) in [5.74, 6) is 0. The number of benzene rings is 1. The van der Waals surface area contributed by atoms with Crippen LogP contribution >= 0.6 is 0 Å². The van der Waals surface area contributed by atoms with Crippen molar-refractivity contribution in [3.8, 4) is 0 Å². The van der Waals surface area contributed by atoms with Gasteiger partial charge >= 0.3 is 0 Å². The number of aliphatic hydroxyl groups is 1. The van der Waals surface area contributed by atoms with E-state index in [4.69, 9.17) is 0 Å². The highest BCUT2D eigenvalue weighted by Crippen LogP contribution is 2.38. The molecular formula is C19H28N2O. The van der Waals surface area contributed by atoms with E-state index in [2.05, 4.69) is 41.4 Å². The van der Waals surface area contributed by atoms with Crippen LogP contribution in [0.3, 0.4) is 0 Å². The van der Waals surface area contributed by atoms with Crippen LogP contribution in [-0.2, 0) is 6.42 Å². The van der Waals surface area contributed by atoms with Gasteiger partial charge in [0.25, 0.3) is 0 Å². The van der Waals surface area contributed by atoms with Crippen molar-refractivity contribution in [1.82, 2.24) is 10.2 Å². The second kappa shape index (κ2) is 5.63. The van der Waals surface area contributed by atoms with Gasteiger partial charge in [-0.05, 0) is 63.2 Å². The number of aliphatic hydroxyl groups excluding tert-OH is 1. The Kier molecular flexibility index (Phi) is 3.75. The SMILES string of the molecule is CC1(N2CCC2)CCC(NC2c3ccccc3CC2O)CC1. The Balaban J connectivity index is 1.39. The Morgan fingerprint density at radius 3 is 2.59 bits per heavy atom. The largest absolute Gasteiger partial charge is 0.391 e. The Hall–Kier alpha value is -0.900. The summed E-state index contributed by atoms with van der Waals surface area (Å²) in [6.07, 6.45) is 6.95. The molecule has 2 N–H and O–H groups in total. The zero-order valence-corrected chi connectivity index (χ0v) is 13.6. The van der Waals surface area contributed by atoms with Crippen molar-refractivity contribution in [2.24, 2.45) is 0 Å². The highest BCUT2D eigenvalue weighted by Gasteiger charge is 2.40. The minimum Gasteiger partial charge on any atom is -0.391 e. The molecule has 3 heteroatoms. The molecule has 22 heavy (non-hydrogen) atoms. The van der Waals surface area contributed by atoms with Crippen LogP contribution in [0.4, 0.5) is 0 Å². The molecule has 0 aromatic heterocycles. The monoisotopic (exact) mass is 300 g/mol. The van der Waals surface area contributed by atoms with Crippen molar-refractivity contribution < 1.29 is 5.11 Å². The highest BCUT2D eigenvalue weighted by molar-refractivity contribution is 5.36. The molecule has 0 spiro atoms. The molecule has 1 heterocycles. The number of nitrogens with one attached hydrogen (secondary N) is 1. The molecule has 3 aliphatic rings. The third-order valence-corrected chi connectivity index (χ3v) is 6.30. The minimum atomic E-state index is -0.263. The standard InChI is InChI=1S/C19H28N2O/c1-19(21-11-4-12-21)9-7-15(8-10-19)20-18-16-6-3-2-5-14(16)13-17(18)22/h2-3,5-6,15,17-18,20,22H,4,7-13H2,1H3. The van der Waals surface area contributed by atoms with Crippen LogP contribution in [0, 0.1) is 0 Å². The number of nitrogens with zero attached hydrogens (tertiary/aromatic N) is 1. The lowest BCUT2D eigenvalue weighted by molar-refractivity contribution is 0.00593. The molecule has 1 saturated heterocycles. The van der Waals surface area contributed by atoms with E-state index < -0.39 is 0 Å². The highest BCUT2D eigenvalue weighted by atomic mass is 16.3. The molecule has 1 aromatic carbocycles. The third-order valence-electron chi connectivity index (χ3n) is 6.30. The molecule has 0 amide bonds. The molecule has 4 rings (SSSR count). The van der Waals surface area contributed by atoms with Crippen LogP contribution < -0.4 is 5.32 Å². The molecule has 0 radical (unpaired) electrons. The average Bonchev–Trinajstić information content (AvgIpc) is 2.76. The van der Waals surface area contributed by atoms with Crippen molar-refractivity contribution in [1.29, 1.82) is 0 Å². The zero-order chi connectivity index (χ0) is 15.2. The molecular weight excluding hydrogens is 272 g/mol. The minimum absolute atomic E-state index is 0.134. The fraction of sp³-hybridized carbons (Fsp3) is 0.684. The maximum absolute atomic E-state index is 10.4. The zero-order valence-electron chi connectivity index (χ0n) is 13.6. The normalized spacial score (nSPS) is 38.5. The molecule has 2 aliphatic carbocycles. The van der Waals surface area contributed by atoms with Gasteiger partial charge < -0.3 is 10.4 Å². The Morgan fingerprint density at radius 1 is 1.18 bits per heavy atom. The maximum atomic E-state index is 10.4. The first-order chi connectivity index (χ1) is 10.7. The van der Waals surface area contributed by atoms with Gasteiger partial charge in [-0.25, -0.2) is 0 Å². The molecule has 2 fully saturated rings. The topological polar surface area (TPSA) is 35.5 Å².